The van der Waals surface area contributed by atoms with Crippen molar-refractivity contribution in [2.24, 2.45) is 28.6 Å². The first-order chi connectivity index (χ1) is 33.8. The number of hydrogen-bond donors (Lipinski definition) is 5. The van der Waals surface area contributed by atoms with Crippen molar-refractivity contribution in [1.29, 1.82) is 0 Å². The maximum atomic E-state index is 15.2. The van der Waals surface area contributed by atoms with Gasteiger partial charge in [-0.2, -0.15) is 0 Å². The molecule has 21 nitrogen and oxygen atoms in total. The van der Waals surface area contributed by atoms with E-state index in [1.165, 1.54) is 19.1 Å². The molecule has 1 amide bonds. The fourth-order valence-electron chi connectivity index (χ4n) is 11.1. The number of amides is 1. The molecule has 1 aliphatic heterocycles. The van der Waals surface area contributed by atoms with Crippen LogP contribution in [0.5, 0.6) is 0 Å². The fraction of sp³-hybridized carbons (Fsp3) is 0.627. The number of Topliss-reactive ketones (excluding diaryl/α,β-unsaturated/α-hetero) is 1. The van der Waals surface area contributed by atoms with Gasteiger partial charge in [-0.3, -0.25) is 9.59 Å². The molecule has 0 aromatic heterocycles. The van der Waals surface area contributed by atoms with E-state index in [1.807, 2.05) is 0 Å². The largest absolute Gasteiger partial charge is 0.480 e. The summed E-state index contributed by atoms with van der Waals surface area (Å²) in [6.07, 6.45) is -11.7. The number of nitrogens with one attached hydrogen (secondary N) is 1. The second-order valence-corrected chi connectivity index (χ2v) is 20.6. The highest BCUT2D eigenvalue weighted by atomic mass is 16.6. The van der Waals surface area contributed by atoms with Crippen molar-refractivity contribution in [2.75, 3.05) is 46.2 Å². The lowest BCUT2D eigenvalue weighted by Crippen LogP contribution is -2.83. The van der Waals surface area contributed by atoms with Gasteiger partial charge >= 0.3 is 35.9 Å². The molecule has 72 heavy (non-hydrogen) atoms. The van der Waals surface area contributed by atoms with E-state index in [0.29, 0.717) is 0 Å². The number of ether oxygens (including phenoxy) is 9. The quantitative estimate of drug-likeness (QED) is 0.0768. The summed E-state index contributed by atoms with van der Waals surface area (Å²) in [4.78, 5) is 95.5. The number of benzene rings is 2. The third kappa shape index (κ3) is 11.5. The molecule has 3 saturated carbocycles. The zero-order valence-corrected chi connectivity index (χ0v) is 41.7. The number of hydrogen-bond acceptors (Lipinski definition) is 19. The molecular weight excluding hydrogens is 947 g/mol. The average Bonchev–Trinajstić information content (AvgIpc) is 3.30. The Labute approximate surface area is 417 Å². The van der Waals surface area contributed by atoms with Crippen LogP contribution in [0.25, 0.3) is 0 Å². The minimum atomic E-state index is -2.41. The van der Waals surface area contributed by atoms with E-state index < -0.39 is 149 Å². The number of aliphatic carboxylic acids is 1. The van der Waals surface area contributed by atoms with Crippen LogP contribution in [0.3, 0.4) is 0 Å². The van der Waals surface area contributed by atoms with Crippen molar-refractivity contribution >= 4 is 41.7 Å². The van der Waals surface area contributed by atoms with Crippen molar-refractivity contribution in [3.8, 4) is 0 Å². The summed E-state index contributed by atoms with van der Waals surface area (Å²) in [5, 5.41) is 49.6. The van der Waals surface area contributed by atoms with E-state index in [9.17, 15) is 39.3 Å². The van der Waals surface area contributed by atoms with Gasteiger partial charge in [-0.05, 0) is 51.3 Å². The number of alkyl carbamates (subject to hydrolysis) is 1. The number of aliphatic hydroxyl groups is 3. The van der Waals surface area contributed by atoms with Crippen molar-refractivity contribution < 1.29 is 96.6 Å². The van der Waals surface area contributed by atoms with Crippen LogP contribution in [0, 0.1) is 28.6 Å². The lowest BCUT2D eigenvalue weighted by molar-refractivity contribution is -0.355. The maximum Gasteiger partial charge on any atom is 0.408 e. The van der Waals surface area contributed by atoms with E-state index in [0.717, 1.165) is 6.92 Å². The Hall–Kier alpha value is -5.55. The Kier molecular flexibility index (Phi) is 17.3. The number of rotatable bonds is 19. The fourth-order valence-corrected chi connectivity index (χ4v) is 11.1. The third-order valence-electron chi connectivity index (χ3n) is 14.5. The Morgan fingerprint density at radius 3 is 2.03 bits per heavy atom. The van der Waals surface area contributed by atoms with Crippen LogP contribution in [-0.2, 0) is 66.6 Å². The average molecular weight is 1010 g/mol. The Bertz CT molecular complexity index is 2290. The highest BCUT2D eigenvalue weighted by Gasteiger charge is 2.79. The predicted octanol–water partition coefficient (Wildman–Crippen LogP) is 2.88. The normalized spacial score (nSPS) is 31.3. The van der Waals surface area contributed by atoms with Gasteiger partial charge in [-0.1, -0.05) is 69.3 Å². The lowest BCUT2D eigenvalue weighted by atomic mass is 9.42. The number of esters is 4. The number of carbonyl (C=O) groups is 7. The Morgan fingerprint density at radius 2 is 1.46 bits per heavy atom. The van der Waals surface area contributed by atoms with Crippen molar-refractivity contribution in [2.45, 2.75) is 128 Å². The van der Waals surface area contributed by atoms with Gasteiger partial charge in [0.25, 0.3) is 0 Å². The van der Waals surface area contributed by atoms with Gasteiger partial charge in [0.05, 0.1) is 56.0 Å². The van der Waals surface area contributed by atoms with E-state index in [1.54, 1.807) is 90.1 Å². The second-order valence-electron chi connectivity index (χ2n) is 20.6. The van der Waals surface area contributed by atoms with Crippen LogP contribution in [0.1, 0.15) is 90.2 Å². The summed E-state index contributed by atoms with van der Waals surface area (Å²) in [6, 6.07) is 14.3. The summed E-state index contributed by atoms with van der Waals surface area (Å²) in [7, 11) is 0. The standard InChI is InChI=1S/C51H67NO20/c1-28-32(68-45(61)40(69-36(57)26-66-22-20-64-19-21-65-25-35(55)56)38(30-15-11-9-12-16-30)52-46(62)72-47(3,4)5)24-51(63)43(70-44(60)31-17-13-10-14-18-31)41-49(8,42(59)39(58)37(28)48(51,6)7)33(54)23-34-50(41,27-67-34)71-29(2)53/h9-18,28,32-34,37-41,43,54,58,63H,19-27H2,1-8H3,(H,52,62)(H,55,56)/t28?,32?,33-,34+,37-,38-,39+,40+,41-,43-,49+,50-,51+/m1/s1. The smallest absolute Gasteiger partial charge is 0.408 e. The molecule has 396 valence electrons. The number of carboxylic acids is 1. The molecular formula is C51H67NO20. The predicted molar refractivity (Wildman–Crippen MR) is 248 cm³/mol. The molecule has 21 heteroatoms. The molecule has 3 aliphatic carbocycles. The SMILES string of the molecule is CC(=O)O[C@]12CO[C@H]1C[C@@H](O)[C@]1(C)C(=O)[C@@H](O)[C@H]3C(C)C(OC(=O)[C@@H](OC(=O)COCCOCCOCC(=O)O)[C@H](NC(=O)OC(C)(C)C)c4ccccc4)C[C@](O)([C@H](OC(=O)c4ccccc4)[C@@H]21)C3(C)C. The number of carboxylic acid groups (broad SMARTS) is 1. The van der Waals surface area contributed by atoms with Gasteiger partial charge in [-0.15, -0.1) is 0 Å². The van der Waals surface area contributed by atoms with E-state index in [2.05, 4.69) is 5.32 Å². The number of carbonyl (C=O) groups excluding carboxylic acids is 6. The highest BCUT2D eigenvalue weighted by Crippen LogP contribution is 2.65. The monoisotopic (exact) mass is 1010 g/mol. The van der Waals surface area contributed by atoms with Crippen molar-refractivity contribution in [1.82, 2.24) is 5.32 Å². The van der Waals surface area contributed by atoms with Crippen molar-refractivity contribution in [3.63, 3.8) is 0 Å². The van der Waals surface area contributed by atoms with Gasteiger partial charge in [-0.25, -0.2) is 24.0 Å². The molecule has 2 unspecified atom stereocenters. The van der Waals surface area contributed by atoms with Crippen LogP contribution in [0.15, 0.2) is 60.7 Å². The van der Waals surface area contributed by atoms with Crippen LogP contribution in [0.4, 0.5) is 4.79 Å². The molecule has 5 N–H and O–H groups in total. The minimum Gasteiger partial charge on any atom is -0.480 e. The van der Waals surface area contributed by atoms with Crippen LogP contribution >= 0.6 is 0 Å². The van der Waals surface area contributed by atoms with Gasteiger partial charge in [0.15, 0.2) is 11.4 Å². The van der Waals surface area contributed by atoms with Gasteiger partial charge < -0.3 is 68.4 Å². The summed E-state index contributed by atoms with van der Waals surface area (Å²) in [6.45, 7) is 10.4. The molecule has 1 heterocycles. The van der Waals surface area contributed by atoms with Gasteiger partial charge in [0.1, 0.15) is 54.9 Å². The Balaban J connectivity index is 1.40. The zero-order chi connectivity index (χ0) is 53.0. The molecule has 4 aliphatic rings. The van der Waals surface area contributed by atoms with Crippen LogP contribution in [0.2, 0.25) is 0 Å². The van der Waals surface area contributed by atoms with Gasteiger partial charge in [0, 0.05) is 31.1 Å². The molecule has 6 rings (SSSR count). The summed E-state index contributed by atoms with van der Waals surface area (Å²) >= 11 is 0. The third-order valence-corrected chi connectivity index (χ3v) is 14.5. The van der Waals surface area contributed by atoms with Gasteiger partial charge in [0.2, 0.25) is 6.10 Å². The molecule has 0 radical (unpaired) electrons. The van der Waals surface area contributed by atoms with E-state index in [4.69, 9.17) is 47.7 Å². The van der Waals surface area contributed by atoms with E-state index >= 15 is 9.59 Å². The molecule has 2 aromatic rings. The first-order valence-electron chi connectivity index (χ1n) is 23.9. The molecule has 13 atom stereocenters. The molecule has 4 fully saturated rings. The highest BCUT2D eigenvalue weighted by molar-refractivity contribution is 5.92. The molecule has 0 spiro atoms. The van der Waals surface area contributed by atoms with Crippen molar-refractivity contribution in [3.05, 3.63) is 71.8 Å². The molecule has 1 saturated heterocycles. The number of ketones is 1. The minimum absolute atomic E-state index is 0.0127. The second kappa shape index (κ2) is 22.3. The maximum absolute atomic E-state index is 15.2. The topological polar surface area (TPSA) is 296 Å². The zero-order valence-electron chi connectivity index (χ0n) is 41.7. The first kappa shape index (κ1) is 55.8. The lowest BCUT2D eigenvalue weighted by Gasteiger charge is -2.68. The molecule has 2 aromatic carbocycles. The summed E-state index contributed by atoms with van der Waals surface area (Å²) < 4.78 is 51.7. The first-order valence-corrected chi connectivity index (χ1v) is 23.9. The van der Waals surface area contributed by atoms with E-state index in [-0.39, 0.29) is 50.6 Å². The molecule has 2 bridgehead atoms. The Morgan fingerprint density at radius 1 is 0.861 bits per heavy atom. The number of aliphatic hydroxyl groups excluding tert-OH is 2. The summed E-state index contributed by atoms with van der Waals surface area (Å²) in [5.74, 6) is -10.1. The number of fused-ring (bicyclic) bond motifs is 5. The van der Waals surface area contributed by atoms with Crippen LogP contribution < -0.4 is 5.32 Å². The van der Waals surface area contributed by atoms with Crippen LogP contribution in [-0.4, -0.2) is 162 Å². The summed E-state index contributed by atoms with van der Waals surface area (Å²) in [5.41, 5.74) is -8.57.